The van der Waals surface area contributed by atoms with Crippen LogP contribution in [0.15, 0.2) is 22.7 Å². The highest BCUT2D eigenvalue weighted by Gasteiger charge is 2.35. The van der Waals surface area contributed by atoms with E-state index in [1.807, 2.05) is 0 Å². The van der Waals surface area contributed by atoms with Crippen LogP contribution in [0.5, 0.6) is 0 Å². The SMILES string of the molecule is CN1C(=O)CC(Nc2ccc(Br)c(Cl)c2)C1=O. The fraction of sp³-hybridized carbons (Fsp3) is 0.273. The molecule has 90 valence electrons. The molecule has 1 saturated heterocycles. The van der Waals surface area contributed by atoms with Crippen LogP contribution in [-0.2, 0) is 9.59 Å². The second kappa shape index (κ2) is 4.66. The van der Waals surface area contributed by atoms with Crippen molar-refractivity contribution in [3.8, 4) is 0 Å². The molecule has 0 aliphatic carbocycles. The average molecular weight is 318 g/mol. The Bertz CT molecular complexity index is 492. The average Bonchev–Trinajstić information content (AvgIpc) is 2.52. The highest BCUT2D eigenvalue weighted by molar-refractivity contribution is 9.10. The molecule has 0 bridgehead atoms. The number of halogens is 2. The summed E-state index contributed by atoms with van der Waals surface area (Å²) in [7, 11) is 1.49. The van der Waals surface area contributed by atoms with Crippen LogP contribution in [0.25, 0.3) is 0 Å². The van der Waals surface area contributed by atoms with Crippen molar-refractivity contribution in [1.29, 1.82) is 0 Å². The van der Waals surface area contributed by atoms with Crippen molar-refractivity contribution in [1.82, 2.24) is 4.90 Å². The lowest BCUT2D eigenvalue weighted by Gasteiger charge is -2.12. The largest absolute Gasteiger partial charge is 0.373 e. The van der Waals surface area contributed by atoms with Crippen LogP contribution in [0.4, 0.5) is 5.69 Å². The number of nitrogens with zero attached hydrogens (tertiary/aromatic N) is 1. The monoisotopic (exact) mass is 316 g/mol. The van der Waals surface area contributed by atoms with Gasteiger partial charge in [0.25, 0.3) is 5.91 Å². The van der Waals surface area contributed by atoms with Crippen LogP contribution in [0.3, 0.4) is 0 Å². The molecule has 0 spiro atoms. The Morgan fingerprint density at radius 1 is 1.47 bits per heavy atom. The lowest BCUT2D eigenvalue weighted by atomic mass is 10.2. The van der Waals surface area contributed by atoms with Gasteiger partial charge in [-0.1, -0.05) is 11.6 Å². The third kappa shape index (κ3) is 2.45. The predicted octanol–water partition coefficient (Wildman–Crippen LogP) is 2.27. The van der Waals surface area contributed by atoms with Crippen molar-refractivity contribution in [2.45, 2.75) is 12.5 Å². The van der Waals surface area contributed by atoms with E-state index in [1.54, 1.807) is 18.2 Å². The van der Waals surface area contributed by atoms with Crippen LogP contribution in [0.2, 0.25) is 5.02 Å². The van der Waals surface area contributed by atoms with Gasteiger partial charge in [-0.3, -0.25) is 14.5 Å². The number of imide groups is 1. The van der Waals surface area contributed by atoms with Crippen LogP contribution in [-0.4, -0.2) is 29.8 Å². The molecule has 4 nitrogen and oxygen atoms in total. The van der Waals surface area contributed by atoms with E-state index in [0.29, 0.717) is 5.02 Å². The molecule has 2 amide bonds. The standard InChI is InChI=1S/C11H10BrClN2O2/c1-15-10(16)5-9(11(15)17)14-6-2-3-7(12)8(13)4-6/h2-4,9,14H,5H2,1H3. The summed E-state index contributed by atoms with van der Waals surface area (Å²) < 4.78 is 0.788. The number of carbonyl (C=O) groups excluding carboxylic acids is 2. The molecule has 0 radical (unpaired) electrons. The molecule has 1 aliphatic rings. The molecule has 1 heterocycles. The number of likely N-dealkylation sites (tertiary alicyclic amines) is 1. The maximum atomic E-state index is 11.7. The Labute approximate surface area is 112 Å². The minimum Gasteiger partial charge on any atom is -0.373 e. The van der Waals surface area contributed by atoms with E-state index in [2.05, 4.69) is 21.2 Å². The van der Waals surface area contributed by atoms with Gasteiger partial charge >= 0.3 is 0 Å². The Morgan fingerprint density at radius 3 is 2.71 bits per heavy atom. The quantitative estimate of drug-likeness (QED) is 0.851. The third-order valence-corrected chi connectivity index (χ3v) is 3.87. The smallest absolute Gasteiger partial charge is 0.251 e. The summed E-state index contributed by atoms with van der Waals surface area (Å²) in [6.07, 6.45) is 0.184. The first-order chi connectivity index (χ1) is 7.99. The molecule has 1 aromatic carbocycles. The van der Waals surface area contributed by atoms with Crippen LogP contribution in [0.1, 0.15) is 6.42 Å². The van der Waals surface area contributed by atoms with E-state index in [4.69, 9.17) is 11.6 Å². The number of anilines is 1. The summed E-state index contributed by atoms with van der Waals surface area (Å²) in [4.78, 5) is 24.1. The van der Waals surface area contributed by atoms with Gasteiger partial charge in [0.15, 0.2) is 0 Å². The highest BCUT2D eigenvalue weighted by Crippen LogP contribution is 2.26. The minimum atomic E-state index is -0.496. The number of hydrogen-bond donors (Lipinski definition) is 1. The van der Waals surface area contributed by atoms with E-state index >= 15 is 0 Å². The summed E-state index contributed by atoms with van der Waals surface area (Å²) >= 11 is 9.23. The molecule has 6 heteroatoms. The lowest BCUT2D eigenvalue weighted by molar-refractivity contribution is -0.136. The van der Waals surface area contributed by atoms with Gasteiger partial charge in [-0.05, 0) is 34.1 Å². The normalized spacial score (nSPS) is 19.9. The van der Waals surface area contributed by atoms with Gasteiger partial charge in [0, 0.05) is 17.2 Å². The first-order valence-corrected chi connectivity index (χ1v) is 6.18. The van der Waals surface area contributed by atoms with Crippen molar-refractivity contribution < 1.29 is 9.59 Å². The van der Waals surface area contributed by atoms with E-state index in [0.717, 1.165) is 15.1 Å². The zero-order valence-corrected chi connectivity index (χ0v) is 11.4. The van der Waals surface area contributed by atoms with Crippen molar-refractivity contribution in [3.63, 3.8) is 0 Å². The third-order valence-electron chi connectivity index (χ3n) is 2.64. The molecule has 1 atom stereocenters. The van der Waals surface area contributed by atoms with Gasteiger partial charge in [0.1, 0.15) is 6.04 Å². The molecule has 0 aromatic heterocycles. The van der Waals surface area contributed by atoms with Gasteiger partial charge in [-0.25, -0.2) is 0 Å². The Balaban J connectivity index is 2.14. The first-order valence-electron chi connectivity index (χ1n) is 5.01. The molecule has 17 heavy (non-hydrogen) atoms. The van der Waals surface area contributed by atoms with Gasteiger partial charge < -0.3 is 5.32 Å². The van der Waals surface area contributed by atoms with Crippen molar-refractivity contribution in [2.24, 2.45) is 0 Å². The summed E-state index contributed by atoms with van der Waals surface area (Å²) in [5.74, 6) is -0.384. The number of carbonyl (C=O) groups is 2. The molecular weight excluding hydrogens is 307 g/mol. The Morgan fingerprint density at radius 2 is 2.18 bits per heavy atom. The van der Waals surface area contributed by atoms with Gasteiger partial charge in [-0.2, -0.15) is 0 Å². The topological polar surface area (TPSA) is 49.4 Å². The fourth-order valence-corrected chi connectivity index (χ4v) is 2.08. The molecule has 1 aliphatic heterocycles. The van der Waals surface area contributed by atoms with Crippen LogP contribution in [0, 0.1) is 0 Å². The molecular formula is C11H10BrClN2O2. The molecule has 1 N–H and O–H groups in total. The van der Waals surface area contributed by atoms with E-state index in [1.165, 1.54) is 7.05 Å². The van der Waals surface area contributed by atoms with E-state index < -0.39 is 6.04 Å². The maximum Gasteiger partial charge on any atom is 0.251 e. The Kier molecular flexibility index (Phi) is 3.40. The van der Waals surface area contributed by atoms with Gasteiger partial charge in [0.05, 0.1) is 11.4 Å². The van der Waals surface area contributed by atoms with Crippen LogP contribution >= 0.6 is 27.5 Å². The van der Waals surface area contributed by atoms with Crippen molar-refractivity contribution >= 4 is 45.0 Å². The zero-order chi connectivity index (χ0) is 12.6. The van der Waals surface area contributed by atoms with Gasteiger partial charge in [-0.15, -0.1) is 0 Å². The number of nitrogens with one attached hydrogen (secondary N) is 1. The molecule has 2 rings (SSSR count). The maximum absolute atomic E-state index is 11.7. The second-order valence-corrected chi connectivity index (χ2v) is 5.08. The Hall–Kier alpha value is -1.07. The van der Waals surface area contributed by atoms with E-state index in [-0.39, 0.29) is 18.2 Å². The highest BCUT2D eigenvalue weighted by atomic mass is 79.9. The molecule has 1 aromatic rings. The predicted molar refractivity (Wildman–Crippen MR) is 69.0 cm³/mol. The summed E-state index contributed by atoms with van der Waals surface area (Å²) in [6.45, 7) is 0. The van der Waals surface area contributed by atoms with Crippen molar-refractivity contribution in [3.05, 3.63) is 27.7 Å². The zero-order valence-electron chi connectivity index (χ0n) is 9.04. The fourth-order valence-electron chi connectivity index (χ4n) is 1.66. The van der Waals surface area contributed by atoms with Crippen LogP contribution < -0.4 is 5.32 Å². The molecule has 1 unspecified atom stereocenters. The van der Waals surface area contributed by atoms with Crippen molar-refractivity contribution in [2.75, 3.05) is 12.4 Å². The number of benzene rings is 1. The summed E-state index contributed by atoms with van der Waals surface area (Å²) in [5.41, 5.74) is 0.722. The number of likely N-dealkylation sites (N-methyl/N-ethyl adjacent to an activating group) is 1. The number of rotatable bonds is 2. The van der Waals surface area contributed by atoms with Gasteiger partial charge in [0.2, 0.25) is 5.91 Å². The number of hydrogen-bond acceptors (Lipinski definition) is 3. The number of amides is 2. The van der Waals surface area contributed by atoms with E-state index in [9.17, 15) is 9.59 Å². The minimum absolute atomic E-state index is 0.171. The molecule has 1 fully saturated rings. The second-order valence-electron chi connectivity index (χ2n) is 3.82. The molecule has 0 saturated carbocycles. The first kappa shape index (κ1) is 12.4. The summed E-state index contributed by atoms with van der Waals surface area (Å²) in [5, 5.41) is 3.56. The lowest BCUT2D eigenvalue weighted by Crippen LogP contribution is -2.31. The summed E-state index contributed by atoms with van der Waals surface area (Å²) in [6, 6.07) is 4.80.